The van der Waals surface area contributed by atoms with Crippen LogP contribution in [0.4, 0.5) is 0 Å². The van der Waals surface area contributed by atoms with E-state index in [0.29, 0.717) is 6.54 Å². The van der Waals surface area contributed by atoms with E-state index in [2.05, 4.69) is 21.2 Å². The predicted octanol–water partition coefficient (Wildman–Crippen LogP) is 1.06. The van der Waals surface area contributed by atoms with Crippen molar-refractivity contribution < 1.29 is 23.1 Å². The fourth-order valence-electron chi connectivity index (χ4n) is 1.37. The number of rotatable bonds is 5. The third-order valence-corrected chi connectivity index (χ3v) is 4.53. The van der Waals surface area contributed by atoms with Gasteiger partial charge in [-0.05, 0) is 41.1 Å². The second-order valence-corrected chi connectivity index (χ2v) is 6.50. The van der Waals surface area contributed by atoms with Gasteiger partial charge in [-0.15, -0.1) is 0 Å². The molecule has 1 amide bonds. The van der Waals surface area contributed by atoms with Gasteiger partial charge in [0.15, 0.2) is 9.84 Å². The van der Waals surface area contributed by atoms with Crippen LogP contribution < -0.4 is 5.32 Å². The summed E-state index contributed by atoms with van der Waals surface area (Å²) in [5.41, 5.74) is -0.169. The van der Waals surface area contributed by atoms with Gasteiger partial charge in [0.25, 0.3) is 0 Å². The second-order valence-electron chi connectivity index (χ2n) is 3.66. The average Bonchev–Trinajstić information content (AvgIpc) is 2.28. The van der Waals surface area contributed by atoms with Crippen molar-refractivity contribution in [2.45, 2.75) is 11.8 Å². The quantitative estimate of drug-likeness (QED) is 0.827. The first-order chi connectivity index (χ1) is 8.77. The maximum Gasteiger partial charge on any atom is 0.336 e. The number of benzene rings is 1. The van der Waals surface area contributed by atoms with E-state index >= 15 is 0 Å². The van der Waals surface area contributed by atoms with E-state index in [9.17, 15) is 18.0 Å². The molecule has 0 aliphatic rings. The molecule has 2 N–H and O–H groups in total. The number of aromatic carboxylic acids is 1. The van der Waals surface area contributed by atoms with Crippen LogP contribution in [0.3, 0.4) is 0 Å². The minimum Gasteiger partial charge on any atom is -0.478 e. The number of carbonyl (C=O) groups is 2. The molecule has 6 nitrogen and oxygen atoms in total. The largest absolute Gasteiger partial charge is 0.478 e. The van der Waals surface area contributed by atoms with Gasteiger partial charge in [-0.1, -0.05) is 0 Å². The molecule has 0 unspecified atom stereocenters. The monoisotopic (exact) mass is 349 g/mol. The number of halogens is 1. The minimum absolute atomic E-state index is 0.169. The topological polar surface area (TPSA) is 101 Å². The molecule has 0 saturated carbocycles. The Morgan fingerprint density at radius 1 is 1.37 bits per heavy atom. The van der Waals surface area contributed by atoms with E-state index < -0.39 is 27.5 Å². The Morgan fingerprint density at radius 3 is 2.53 bits per heavy atom. The molecule has 0 aliphatic heterocycles. The maximum absolute atomic E-state index is 11.9. The van der Waals surface area contributed by atoms with E-state index in [1.54, 1.807) is 6.92 Å². The first-order valence-corrected chi connectivity index (χ1v) is 7.74. The normalized spacial score (nSPS) is 11.1. The van der Waals surface area contributed by atoms with Crippen molar-refractivity contribution in [3.8, 4) is 0 Å². The van der Waals surface area contributed by atoms with Crippen LogP contribution in [0, 0.1) is 0 Å². The first-order valence-electron chi connectivity index (χ1n) is 5.30. The van der Waals surface area contributed by atoms with Gasteiger partial charge in [0.2, 0.25) is 5.91 Å². The van der Waals surface area contributed by atoms with Gasteiger partial charge in [0, 0.05) is 11.0 Å². The summed E-state index contributed by atoms with van der Waals surface area (Å²) in [4.78, 5) is 22.0. The third-order valence-electron chi connectivity index (χ3n) is 2.22. The van der Waals surface area contributed by atoms with Gasteiger partial charge in [-0.2, -0.15) is 0 Å². The average molecular weight is 350 g/mol. The molecule has 1 rings (SSSR count). The maximum atomic E-state index is 11.9. The zero-order valence-electron chi connectivity index (χ0n) is 10.0. The summed E-state index contributed by atoms with van der Waals surface area (Å²) in [5, 5.41) is 11.3. The summed E-state index contributed by atoms with van der Waals surface area (Å²) in [6.07, 6.45) is 0. The van der Waals surface area contributed by atoms with E-state index in [4.69, 9.17) is 5.11 Å². The highest BCUT2D eigenvalue weighted by Crippen LogP contribution is 2.21. The summed E-state index contributed by atoms with van der Waals surface area (Å²) in [6.45, 7) is 2.00. The Bertz CT molecular complexity index is 612. The van der Waals surface area contributed by atoms with Gasteiger partial charge in [0.1, 0.15) is 5.75 Å². The summed E-state index contributed by atoms with van der Waals surface area (Å²) in [5.74, 6) is -2.58. The molecule has 8 heteroatoms. The molecule has 19 heavy (non-hydrogen) atoms. The first kappa shape index (κ1) is 15.6. The van der Waals surface area contributed by atoms with Crippen LogP contribution in [-0.4, -0.2) is 37.7 Å². The van der Waals surface area contributed by atoms with Crippen LogP contribution in [0.25, 0.3) is 0 Å². The molecule has 0 atom stereocenters. The Kier molecular flexibility index (Phi) is 5.07. The van der Waals surface area contributed by atoms with Crippen molar-refractivity contribution in [2.24, 2.45) is 0 Å². The number of hydrogen-bond donors (Lipinski definition) is 2. The standard InChI is InChI=1S/C11H12BrNO5S/c1-2-13-10(14)6-19(17,18)7-3-4-9(12)8(5-7)11(15)16/h3-5H,2,6H2,1H3,(H,13,14)(H,15,16). The van der Waals surface area contributed by atoms with Crippen molar-refractivity contribution in [1.29, 1.82) is 0 Å². The van der Waals surface area contributed by atoms with Crippen molar-refractivity contribution in [1.82, 2.24) is 5.32 Å². The van der Waals surface area contributed by atoms with E-state index in [0.717, 1.165) is 6.07 Å². The Hall–Kier alpha value is -1.41. The molecule has 0 bridgehead atoms. The Labute approximate surface area is 118 Å². The highest BCUT2D eigenvalue weighted by atomic mass is 79.9. The molecule has 0 aliphatic carbocycles. The van der Waals surface area contributed by atoms with Gasteiger partial charge in [-0.25, -0.2) is 13.2 Å². The fraction of sp³-hybridized carbons (Fsp3) is 0.273. The van der Waals surface area contributed by atoms with Crippen LogP contribution in [0.5, 0.6) is 0 Å². The van der Waals surface area contributed by atoms with Crippen LogP contribution in [0.2, 0.25) is 0 Å². The van der Waals surface area contributed by atoms with Gasteiger partial charge in [-0.3, -0.25) is 4.79 Å². The lowest BCUT2D eigenvalue weighted by Crippen LogP contribution is -2.30. The zero-order chi connectivity index (χ0) is 14.6. The van der Waals surface area contributed by atoms with Crippen LogP contribution in [0.15, 0.2) is 27.6 Å². The number of carboxylic acids is 1. The lowest BCUT2D eigenvalue weighted by Gasteiger charge is -2.06. The number of nitrogens with one attached hydrogen (secondary N) is 1. The molecular weight excluding hydrogens is 338 g/mol. The summed E-state index contributed by atoms with van der Waals surface area (Å²) < 4.78 is 24.1. The van der Waals surface area contributed by atoms with E-state index in [1.807, 2.05) is 0 Å². The minimum atomic E-state index is -3.85. The molecule has 1 aromatic carbocycles. The summed E-state index contributed by atoms with van der Waals surface area (Å²) in [6, 6.07) is 3.61. The van der Waals surface area contributed by atoms with E-state index in [1.165, 1.54) is 12.1 Å². The predicted molar refractivity (Wildman–Crippen MR) is 71.8 cm³/mol. The van der Waals surface area contributed by atoms with Gasteiger partial charge < -0.3 is 10.4 Å². The second kappa shape index (κ2) is 6.16. The lowest BCUT2D eigenvalue weighted by molar-refractivity contribution is -0.118. The van der Waals surface area contributed by atoms with Crippen molar-refractivity contribution in [3.63, 3.8) is 0 Å². The summed E-state index contributed by atoms with van der Waals surface area (Å²) >= 11 is 3.02. The molecule has 1 aromatic rings. The lowest BCUT2D eigenvalue weighted by atomic mass is 10.2. The molecule has 0 aromatic heterocycles. The highest BCUT2D eigenvalue weighted by molar-refractivity contribution is 9.10. The van der Waals surface area contributed by atoms with Crippen molar-refractivity contribution in [2.75, 3.05) is 12.3 Å². The molecule has 104 valence electrons. The molecule has 0 spiro atoms. The smallest absolute Gasteiger partial charge is 0.336 e. The number of sulfone groups is 1. The van der Waals surface area contributed by atoms with E-state index in [-0.39, 0.29) is 14.9 Å². The number of amides is 1. The SMILES string of the molecule is CCNC(=O)CS(=O)(=O)c1ccc(Br)c(C(=O)O)c1. The zero-order valence-corrected chi connectivity index (χ0v) is 12.4. The van der Waals surface area contributed by atoms with Crippen molar-refractivity contribution in [3.05, 3.63) is 28.2 Å². The highest BCUT2D eigenvalue weighted by Gasteiger charge is 2.21. The number of hydrogen-bond acceptors (Lipinski definition) is 4. The van der Waals surface area contributed by atoms with Crippen LogP contribution in [0.1, 0.15) is 17.3 Å². The van der Waals surface area contributed by atoms with Crippen LogP contribution in [-0.2, 0) is 14.6 Å². The fourth-order valence-corrected chi connectivity index (χ4v) is 2.97. The molecular formula is C11H12BrNO5S. The van der Waals surface area contributed by atoms with Crippen molar-refractivity contribution >= 4 is 37.6 Å². The number of carboxylic acid groups (broad SMARTS) is 1. The Balaban J connectivity index is 3.12. The molecule has 0 heterocycles. The third kappa shape index (κ3) is 4.03. The van der Waals surface area contributed by atoms with Crippen LogP contribution >= 0.6 is 15.9 Å². The van der Waals surface area contributed by atoms with Gasteiger partial charge >= 0.3 is 5.97 Å². The number of carbonyl (C=O) groups excluding carboxylic acids is 1. The summed E-state index contributed by atoms with van der Waals surface area (Å²) in [7, 11) is -3.85. The molecule has 0 saturated heterocycles. The van der Waals surface area contributed by atoms with Gasteiger partial charge in [0.05, 0.1) is 10.5 Å². The molecule has 0 fully saturated rings. The Morgan fingerprint density at radius 2 is 2.00 bits per heavy atom. The molecule has 0 radical (unpaired) electrons.